The van der Waals surface area contributed by atoms with Crippen molar-refractivity contribution in [2.75, 3.05) is 31.7 Å². The van der Waals surface area contributed by atoms with E-state index in [2.05, 4.69) is 24.4 Å². The maximum Gasteiger partial charge on any atom is 0.121 e. The number of anilines is 1. The smallest absolute Gasteiger partial charge is 0.121 e. The zero-order valence-corrected chi connectivity index (χ0v) is 10.4. The van der Waals surface area contributed by atoms with Crippen LogP contribution in [0.15, 0.2) is 24.3 Å². The highest BCUT2D eigenvalue weighted by Crippen LogP contribution is 2.19. The van der Waals surface area contributed by atoms with Crippen molar-refractivity contribution in [3.05, 3.63) is 24.3 Å². The van der Waals surface area contributed by atoms with Crippen LogP contribution in [-0.2, 0) is 4.74 Å². The molecule has 3 nitrogen and oxygen atoms in total. The fourth-order valence-corrected chi connectivity index (χ4v) is 1.92. The van der Waals surface area contributed by atoms with E-state index in [1.54, 1.807) is 0 Å². The first-order valence-corrected chi connectivity index (χ1v) is 6.43. The van der Waals surface area contributed by atoms with Gasteiger partial charge in [0.05, 0.1) is 13.2 Å². The van der Waals surface area contributed by atoms with Gasteiger partial charge in [-0.25, -0.2) is 0 Å². The second-order valence-corrected chi connectivity index (χ2v) is 4.49. The molecule has 0 radical (unpaired) electrons. The summed E-state index contributed by atoms with van der Waals surface area (Å²) in [7, 11) is 0. The number of rotatable bonds is 6. The summed E-state index contributed by atoms with van der Waals surface area (Å²) in [4.78, 5) is 0. The summed E-state index contributed by atoms with van der Waals surface area (Å²) in [6.07, 6.45) is 2.20. The molecule has 1 aromatic carbocycles. The van der Waals surface area contributed by atoms with Crippen molar-refractivity contribution < 1.29 is 9.47 Å². The van der Waals surface area contributed by atoms with Crippen LogP contribution in [0.4, 0.5) is 5.69 Å². The van der Waals surface area contributed by atoms with Crippen LogP contribution in [0, 0.1) is 5.92 Å². The molecule has 0 saturated carbocycles. The lowest BCUT2D eigenvalue weighted by Gasteiger charge is -2.12. The molecule has 0 amide bonds. The Labute approximate surface area is 103 Å². The number of nitrogens with one attached hydrogen (secondary N) is 1. The number of ether oxygens (including phenoxy) is 2. The van der Waals surface area contributed by atoms with Gasteiger partial charge in [-0.15, -0.1) is 0 Å². The molecule has 1 aliphatic heterocycles. The molecule has 1 heterocycles. The van der Waals surface area contributed by atoms with Crippen molar-refractivity contribution in [3.63, 3.8) is 0 Å². The molecule has 1 fully saturated rings. The maximum absolute atomic E-state index is 5.60. The summed E-state index contributed by atoms with van der Waals surface area (Å²) >= 11 is 0. The highest BCUT2D eigenvalue weighted by atomic mass is 16.5. The first-order chi connectivity index (χ1) is 8.38. The largest absolute Gasteiger partial charge is 0.494 e. The van der Waals surface area contributed by atoms with E-state index in [1.165, 1.54) is 6.42 Å². The number of hydrogen-bond acceptors (Lipinski definition) is 3. The van der Waals surface area contributed by atoms with Crippen LogP contribution in [0.1, 0.15) is 19.8 Å². The summed E-state index contributed by atoms with van der Waals surface area (Å²) in [6, 6.07) is 8.16. The van der Waals surface area contributed by atoms with E-state index in [0.717, 1.165) is 44.2 Å². The number of hydrogen-bond donors (Lipinski definition) is 1. The third kappa shape index (κ3) is 3.93. The van der Waals surface area contributed by atoms with Gasteiger partial charge < -0.3 is 14.8 Å². The van der Waals surface area contributed by atoms with Crippen molar-refractivity contribution in [2.24, 2.45) is 5.92 Å². The molecule has 1 N–H and O–H groups in total. The van der Waals surface area contributed by atoms with E-state index in [4.69, 9.17) is 9.47 Å². The van der Waals surface area contributed by atoms with Crippen LogP contribution in [0.2, 0.25) is 0 Å². The first-order valence-electron chi connectivity index (χ1n) is 6.43. The lowest BCUT2D eigenvalue weighted by molar-refractivity contribution is 0.187. The van der Waals surface area contributed by atoms with Crippen LogP contribution < -0.4 is 10.1 Å². The van der Waals surface area contributed by atoms with E-state index >= 15 is 0 Å². The average molecular weight is 235 g/mol. The average Bonchev–Trinajstić information content (AvgIpc) is 2.87. The van der Waals surface area contributed by atoms with E-state index in [1.807, 2.05) is 12.1 Å². The van der Waals surface area contributed by atoms with Gasteiger partial charge in [0.25, 0.3) is 0 Å². The van der Waals surface area contributed by atoms with Gasteiger partial charge in [0, 0.05) is 30.8 Å². The lowest BCUT2D eigenvalue weighted by atomic mass is 10.1. The Bertz CT molecular complexity index is 335. The molecule has 1 saturated heterocycles. The molecule has 0 aliphatic carbocycles. The molecule has 3 heteroatoms. The fraction of sp³-hybridized carbons (Fsp3) is 0.571. The lowest BCUT2D eigenvalue weighted by Crippen LogP contribution is -2.14. The van der Waals surface area contributed by atoms with Crippen molar-refractivity contribution in [2.45, 2.75) is 19.8 Å². The second-order valence-electron chi connectivity index (χ2n) is 4.49. The fourth-order valence-electron chi connectivity index (χ4n) is 1.92. The predicted molar refractivity (Wildman–Crippen MR) is 69.6 cm³/mol. The third-order valence-corrected chi connectivity index (χ3v) is 2.93. The van der Waals surface area contributed by atoms with Gasteiger partial charge in [0.1, 0.15) is 5.75 Å². The standard InChI is InChI=1S/C14H21NO2/c1-2-7-17-14-5-3-4-13(9-14)15-10-12-6-8-16-11-12/h3-5,9,12,15H,2,6-8,10-11H2,1H3. The Morgan fingerprint density at radius 3 is 3.18 bits per heavy atom. The Balaban J connectivity index is 1.82. The molecule has 1 aromatic rings. The van der Waals surface area contributed by atoms with Crippen molar-refractivity contribution in [1.29, 1.82) is 0 Å². The van der Waals surface area contributed by atoms with Gasteiger partial charge in [-0.2, -0.15) is 0 Å². The molecular weight excluding hydrogens is 214 g/mol. The van der Waals surface area contributed by atoms with E-state index in [0.29, 0.717) is 5.92 Å². The molecular formula is C14H21NO2. The Hall–Kier alpha value is -1.22. The molecule has 1 aliphatic rings. The monoisotopic (exact) mass is 235 g/mol. The van der Waals surface area contributed by atoms with Gasteiger partial charge in [0.2, 0.25) is 0 Å². The predicted octanol–water partition coefficient (Wildman–Crippen LogP) is 2.92. The quantitative estimate of drug-likeness (QED) is 0.822. The van der Waals surface area contributed by atoms with Crippen LogP contribution in [0.5, 0.6) is 5.75 Å². The van der Waals surface area contributed by atoms with E-state index in [-0.39, 0.29) is 0 Å². The summed E-state index contributed by atoms with van der Waals surface area (Å²) in [5.41, 5.74) is 1.13. The van der Waals surface area contributed by atoms with Gasteiger partial charge in [-0.3, -0.25) is 0 Å². The van der Waals surface area contributed by atoms with Crippen molar-refractivity contribution >= 4 is 5.69 Å². The highest BCUT2D eigenvalue weighted by Gasteiger charge is 2.14. The van der Waals surface area contributed by atoms with Crippen LogP contribution in [0.3, 0.4) is 0 Å². The topological polar surface area (TPSA) is 30.5 Å². The van der Waals surface area contributed by atoms with Gasteiger partial charge in [-0.05, 0) is 25.0 Å². The minimum Gasteiger partial charge on any atom is -0.494 e. The van der Waals surface area contributed by atoms with Crippen LogP contribution in [-0.4, -0.2) is 26.4 Å². The zero-order valence-electron chi connectivity index (χ0n) is 10.4. The molecule has 94 valence electrons. The highest BCUT2D eigenvalue weighted by molar-refractivity contribution is 5.48. The summed E-state index contributed by atoms with van der Waals surface area (Å²) in [5, 5.41) is 3.44. The maximum atomic E-state index is 5.60. The van der Waals surface area contributed by atoms with Gasteiger partial charge in [0.15, 0.2) is 0 Å². The zero-order chi connectivity index (χ0) is 11.9. The van der Waals surface area contributed by atoms with Crippen LogP contribution >= 0.6 is 0 Å². The first kappa shape index (κ1) is 12.2. The molecule has 2 rings (SSSR count). The van der Waals surface area contributed by atoms with Crippen molar-refractivity contribution in [1.82, 2.24) is 0 Å². The Morgan fingerprint density at radius 2 is 2.41 bits per heavy atom. The SMILES string of the molecule is CCCOc1cccc(NCC2CCOC2)c1. The van der Waals surface area contributed by atoms with E-state index < -0.39 is 0 Å². The van der Waals surface area contributed by atoms with E-state index in [9.17, 15) is 0 Å². The minimum atomic E-state index is 0.648. The number of benzene rings is 1. The molecule has 0 bridgehead atoms. The third-order valence-electron chi connectivity index (χ3n) is 2.93. The van der Waals surface area contributed by atoms with Gasteiger partial charge >= 0.3 is 0 Å². The molecule has 1 unspecified atom stereocenters. The summed E-state index contributed by atoms with van der Waals surface area (Å²) in [5.74, 6) is 1.59. The molecule has 17 heavy (non-hydrogen) atoms. The summed E-state index contributed by atoms with van der Waals surface area (Å²) in [6.45, 7) is 5.67. The minimum absolute atomic E-state index is 0.648. The normalized spacial score (nSPS) is 19.2. The summed E-state index contributed by atoms with van der Waals surface area (Å²) < 4.78 is 11.0. The second kappa shape index (κ2) is 6.50. The molecule has 0 spiro atoms. The van der Waals surface area contributed by atoms with Gasteiger partial charge in [-0.1, -0.05) is 13.0 Å². The van der Waals surface area contributed by atoms with Crippen molar-refractivity contribution in [3.8, 4) is 5.75 Å². The van der Waals surface area contributed by atoms with Crippen LogP contribution in [0.25, 0.3) is 0 Å². The molecule has 1 atom stereocenters. The Morgan fingerprint density at radius 1 is 1.47 bits per heavy atom. The molecule has 0 aromatic heterocycles. The Kier molecular flexibility index (Phi) is 4.68.